The molecule has 1 aliphatic heterocycles. The Hall–Kier alpha value is -2.21. The Kier molecular flexibility index (Phi) is 6.83. The van der Waals surface area contributed by atoms with Crippen molar-refractivity contribution < 1.29 is 9.59 Å². The van der Waals surface area contributed by atoms with Crippen molar-refractivity contribution in [3.05, 3.63) is 52.1 Å². The van der Waals surface area contributed by atoms with Gasteiger partial charge in [0, 0.05) is 36.1 Å². The molecule has 0 aliphatic carbocycles. The molecule has 6 heteroatoms. The van der Waals surface area contributed by atoms with E-state index in [0.29, 0.717) is 30.1 Å². The second kappa shape index (κ2) is 9.32. The minimum atomic E-state index is -0.189. The summed E-state index contributed by atoms with van der Waals surface area (Å²) in [5.41, 5.74) is 3.03. The number of amides is 2. The van der Waals surface area contributed by atoms with Gasteiger partial charge in [-0.05, 0) is 49.9 Å². The number of rotatable bonds is 5. The smallest absolute Gasteiger partial charge is 0.253 e. The van der Waals surface area contributed by atoms with Crippen LogP contribution in [0.25, 0.3) is 11.3 Å². The van der Waals surface area contributed by atoms with E-state index in [1.54, 1.807) is 6.07 Å². The Morgan fingerprint density at radius 2 is 2.11 bits per heavy atom. The molecule has 148 valence electrons. The summed E-state index contributed by atoms with van der Waals surface area (Å²) in [5, 5.41) is 2.86. The maximum Gasteiger partial charge on any atom is 0.253 e. The van der Waals surface area contributed by atoms with Crippen molar-refractivity contribution in [2.75, 3.05) is 19.6 Å². The zero-order valence-corrected chi connectivity index (χ0v) is 18.0. The Morgan fingerprint density at radius 3 is 2.82 bits per heavy atom. The first kappa shape index (κ1) is 20.5. The molecule has 1 aromatic heterocycles. The van der Waals surface area contributed by atoms with Gasteiger partial charge >= 0.3 is 0 Å². The van der Waals surface area contributed by atoms with Gasteiger partial charge in [0.25, 0.3) is 5.91 Å². The molecular formula is C22H26BrN3O2. The lowest BCUT2D eigenvalue weighted by molar-refractivity contribution is -0.132. The third kappa shape index (κ3) is 5.19. The zero-order valence-electron chi connectivity index (χ0n) is 16.4. The maximum absolute atomic E-state index is 12.5. The summed E-state index contributed by atoms with van der Waals surface area (Å²) in [4.78, 5) is 31.3. The van der Waals surface area contributed by atoms with Crippen molar-refractivity contribution in [1.29, 1.82) is 0 Å². The van der Waals surface area contributed by atoms with Crippen molar-refractivity contribution in [3.63, 3.8) is 0 Å². The number of benzene rings is 1. The Bertz CT molecular complexity index is 869. The van der Waals surface area contributed by atoms with Gasteiger partial charge in [-0.2, -0.15) is 0 Å². The number of likely N-dealkylation sites (tertiary alicyclic amines) is 1. The van der Waals surface area contributed by atoms with Gasteiger partial charge in [-0.3, -0.25) is 14.6 Å². The average molecular weight is 444 g/mol. The number of pyridine rings is 1. The molecular weight excluding hydrogens is 418 g/mol. The van der Waals surface area contributed by atoms with Gasteiger partial charge in [0.2, 0.25) is 5.91 Å². The average Bonchev–Trinajstić information content (AvgIpc) is 2.67. The molecule has 2 amide bonds. The van der Waals surface area contributed by atoms with Crippen molar-refractivity contribution in [2.24, 2.45) is 5.92 Å². The van der Waals surface area contributed by atoms with Crippen LogP contribution in [-0.4, -0.2) is 41.3 Å². The predicted octanol–water partition coefficient (Wildman–Crippen LogP) is 4.20. The van der Waals surface area contributed by atoms with Gasteiger partial charge in [0.1, 0.15) is 0 Å². The Morgan fingerprint density at radius 1 is 1.29 bits per heavy atom. The second-order valence-corrected chi connectivity index (χ2v) is 8.35. The molecule has 1 atom stereocenters. The van der Waals surface area contributed by atoms with E-state index in [2.05, 4.69) is 33.2 Å². The first-order valence-corrected chi connectivity index (χ1v) is 10.5. The van der Waals surface area contributed by atoms with E-state index in [1.165, 1.54) is 6.42 Å². The third-order valence-corrected chi connectivity index (χ3v) is 5.58. The van der Waals surface area contributed by atoms with Crippen LogP contribution >= 0.6 is 15.9 Å². The van der Waals surface area contributed by atoms with E-state index in [-0.39, 0.29) is 11.8 Å². The van der Waals surface area contributed by atoms with Crippen molar-refractivity contribution in [2.45, 2.75) is 33.1 Å². The van der Waals surface area contributed by atoms with E-state index >= 15 is 0 Å². The molecule has 0 spiro atoms. The Labute approximate surface area is 174 Å². The molecule has 0 bridgehead atoms. The number of nitrogens with zero attached hydrogens (tertiary/aromatic N) is 2. The van der Waals surface area contributed by atoms with E-state index < -0.39 is 0 Å². The topological polar surface area (TPSA) is 62.3 Å². The van der Waals surface area contributed by atoms with Gasteiger partial charge in [0.05, 0.1) is 17.0 Å². The first-order chi connectivity index (χ1) is 13.4. The third-order valence-electron chi connectivity index (χ3n) is 5.08. The maximum atomic E-state index is 12.5. The number of aryl methyl sites for hydroxylation is 1. The number of carbonyl (C=O) groups is 2. The molecule has 0 radical (unpaired) electrons. The number of halogens is 1. The highest BCUT2D eigenvalue weighted by Crippen LogP contribution is 2.22. The van der Waals surface area contributed by atoms with Crippen LogP contribution in [0.1, 0.15) is 42.2 Å². The van der Waals surface area contributed by atoms with Crippen molar-refractivity contribution in [1.82, 2.24) is 15.2 Å². The summed E-state index contributed by atoms with van der Waals surface area (Å²) in [5.74, 6) is 0.488. The van der Waals surface area contributed by atoms with Crippen molar-refractivity contribution in [3.8, 4) is 11.3 Å². The molecule has 1 saturated heterocycles. The monoisotopic (exact) mass is 443 g/mol. The summed E-state index contributed by atoms with van der Waals surface area (Å²) in [6.45, 7) is 6.00. The number of nitrogens with one attached hydrogen (secondary N) is 1. The lowest BCUT2D eigenvalue weighted by Crippen LogP contribution is -2.40. The van der Waals surface area contributed by atoms with Crippen LogP contribution in [0, 0.1) is 12.8 Å². The normalized spacial score (nSPS) is 16.7. The highest BCUT2D eigenvalue weighted by Gasteiger charge is 2.20. The molecule has 3 rings (SSSR count). The first-order valence-electron chi connectivity index (χ1n) is 9.73. The lowest BCUT2D eigenvalue weighted by Gasteiger charge is -2.31. The largest absolute Gasteiger partial charge is 0.351 e. The molecule has 1 fully saturated rings. The fourth-order valence-corrected chi connectivity index (χ4v) is 3.96. The van der Waals surface area contributed by atoms with Crippen LogP contribution in [0.4, 0.5) is 0 Å². The summed E-state index contributed by atoms with van der Waals surface area (Å²) in [7, 11) is 0. The number of hydrogen-bond acceptors (Lipinski definition) is 3. The quantitative estimate of drug-likeness (QED) is 0.752. The minimum absolute atomic E-state index is 0.117. The summed E-state index contributed by atoms with van der Waals surface area (Å²) >= 11 is 3.46. The van der Waals surface area contributed by atoms with Crippen molar-refractivity contribution >= 4 is 27.7 Å². The van der Waals surface area contributed by atoms with Crippen LogP contribution < -0.4 is 5.32 Å². The van der Waals surface area contributed by atoms with Gasteiger partial charge in [-0.15, -0.1) is 0 Å². The summed E-state index contributed by atoms with van der Waals surface area (Å²) in [6, 6.07) is 11.5. The fraction of sp³-hybridized carbons (Fsp3) is 0.409. The highest BCUT2D eigenvalue weighted by atomic mass is 79.9. The Balaban J connectivity index is 1.56. The van der Waals surface area contributed by atoms with Gasteiger partial charge in [-0.25, -0.2) is 0 Å². The van der Waals surface area contributed by atoms with Crippen LogP contribution in [0.3, 0.4) is 0 Å². The van der Waals surface area contributed by atoms with E-state index in [9.17, 15) is 9.59 Å². The minimum Gasteiger partial charge on any atom is -0.351 e. The van der Waals surface area contributed by atoms with E-state index in [4.69, 9.17) is 0 Å². The van der Waals surface area contributed by atoms with Crippen LogP contribution in [0.15, 0.2) is 40.9 Å². The van der Waals surface area contributed by atoms with Crippen LogP contribution in [-0.2, 0) is 4.79 Å². The number of aromatic nitrogens is 1. The summed E-state index contributed by atoms with van der Waals surface area (Å²) < 4.78 is 0.985. The zero-order chi connectivity index (χ0) is 20.1. The second-order valence-electron chi connectivity index (χ2n) is 7.43. The van der Waals surface area contributed by atoms with E-state index in [0.717, 1.165) is 35.2 Å². The molecule has 1 aromatic carbocycles. The predicted molar refractivity (Wildman–Crippen MR) is 114 cm³/mol. The number of piperidine rings is 1. The van der Waals surface area contributed by atoms with Gasteiger partial charge in [0.15, 0.2) is 0 Å². The fourth-order valence-electron chi connectivity index (χ4n) is 3.56. The molecule has 5 nitrogen and oxygen atoms in total. The molecule has 1 N–H and O–H groups in total. The molecule has 0 saturated carbocycles. The standard InChI is InChI=1S/C22H26BrN3O2/c1-15-5-4-12-26(14-15)21(27)10-11-24-22(28)19-8-9-20(25-16(19)2)17-6-3-7-18(23)13-17/h3,6-9,13,15H,4-5,10-12,14H2,1-2H3,(H,24,28). The van der Waals surface area contributed by atoms with Crippen LogP contribution in [0.5, 0.6) is 0 Å². The number of carbonyl (C=O) groups excluding carboxylic acids is 2. The molecule has 1 aliphatic rings. The van der Waals surface area contributed by atoms with Gasteiger partial charge < -0.3 is 10.2 Å². The highest BCUT2D eigenvalue weighted by molar-refractivity contribution is 9.10. The molecule has 2 heterocycles. The molecule has 1 unspecified atom stereocenters. The summed E-state index contributed by atoms with van der Waals surface area (Å²) in [6.07, 6.45) is 2.58. The SMILES string of the molecule is Cc1nc(-c2cccc(Br)c2)ccc1C(=O)NCCC(=O)N1CCCC(C)C1. The van der Waals surface area contributed by atoms with Gasteiger partial charge in [-0.1, -0.05) is 35.0 Å². The van der Waals surface area contributed by atoms with E-state index in [1.807, 2.05) is 42.2 Å². The van der Waals surface area contributed by atoms with Crippen LogP contribution in [0.2, 0.25) is 0 Å². The lowest BCUT2D eigenvalue weighted by atomic mass is 10.00. The molecule has 28 heavy (non-hydrogen) atoms. The molecule has 2 aromatic rings. The number of hydrogen-bond donors (Lipinski definition) is 1.